The van der Waals surface area contributed by atoms with Gasteiger partial charge in [-0.3, -0.25) is 16.0 Å². The number of quaternary nitrogens is 1. The van der Waals surface area contributed by atoms with Crippen molar-refractivity contribution in [3.63, 3.8) is 0 Å². The van der Waals surface area contributed by atoms with Gasteiger partial charge in [-0.1, -0.05) is 24.3 Å². The number of amides is 1. The lowest BCUT2D eigenvalue weighted by molar-refractivity contribution is -0.432. The van der Waals surface area contributed by atoms with Crippen molar-refractivity contribution < 1.29 is 32.8 Å². The number of hydrogen-bond donors (Lipinski definition) is 3. The third-order valence-electron chi connectivity index (χ3n) is 5.31. The van der Waals surface area contributed by atoms with Gasteiger partial charge in [0.25, 0.3) is 0 Å². The number of para-hydroxylation sites is 1. The molecule has 0 aliphatic heterocycles. The van der Waals surface area contributed by atoms with Gasteiger partial charge in [-0.15, -0.1) is 13.2 Å². The van der Waals surface area contributed by atoms with Gasteiger partial charge < -0.3 is 9.47 Å². The molecule has 0 saturated carbocycles. The van der Waals surface area contributed by atoms with Crippen LogP contribution in [0.25, 0.3) is 10.9 Å². The zero-order chi connectivity index (χ0) is 27.1. The van der Waals surface area contributed by atoms with E-state index in [1.165, 1.54) is 30.6 Å². The molecule has 0 fully saturated rings. The van der Waals surface area contributed by atoms with Gasteiger partial charge in [0.1, 0.15) is 17.5 Å². The van der Waals surface area contributed by atoms with E-state index in [4.69, 9.17) is 10.1 Å². The monoisotopic (exact) mass is 522 g/mol. The molecule has 0 bridgehead atoms. The summed E-state index contributed by atoms with van der Waals surface area (Å²) in [7, 11) is 0. The minimum absolute atomic E-state index is 0.0385. The first-order valence-corrected chi connectivity index (χ1v) is 11.4. The predicted octanol–water partition coefficient (Wildman–Crippen LogP) is 5.69. The third-order valence-corrected chi connectivity index (χ3v) is 5.31. The number of aromatic nitrogens is 1. The van der Waals surface area contributed by atoms with Crippen LogP contribution in [0.15, 0.2) is 89.9 Å². The van der Waals surface area contributed by atoms with Crippen LogP contribution < -0.4 is 15.4 Å². The Morgan fingerprint density at radius 3 is 2.45 bits per heavy atom. The molecule has 0 spiro atoms. The van der Waals surface area contributed by atoms with Gasteiger partial charge in [0.05, 0.1) is 11.2 Å². The molecule has 8 nitrogen and oxygen atoms in total. The van der Waals surface area contributed by atoms with E-state index in [1.807, 2.05) is 36.4 Å². The number of nitrogens with two attached hydrogens (primary N) is 1. The zero-order valence-electron chi connectivity index (χ0n) is 20.1. The number of aliphatic imine (C=N–C) groups is 1. The first kappa shape index (κ1) is 26.3. The SMILES string of the molecule is CC(OC(=O)Nc1ccc(C(=N)N=C[NH2+]c2ccc(OC(F)(F)F)cc2)cc1)c1ccc2ccccc2n1. The Bertz CT molecular complexity index is 1460. The Morgan fingerprint density at radius 1 is 1.03 bits per heavy atom. The maximum absolute atomic E-state index is 12.3. The number of pyridine rings is 1. The first-order chi connectivity index (χ1) is 18.2. The van der Waals surface area contributed by atoms with E-state index >= 15 is 0 Å². The molecule has 4 aromatic rings. The Labute approximate surface area is 215 Å². The Balaban J connectivity index is 1.27. The lowest BCUT2D eigenvalue weighted by atomic mass is 10.1. The van der Waals surface area contributed by atoms with Crippen LogP contribution in [-0.2, 0) is 4.74 Å². The second-order valence-electron chi connectivity index (χ2n) is 8.09. The molecular weight excluding hydrogens is 499 g/mol. The number of nitrogens with zero attached hydrogens (tertiary/aromatic N) is 2. The summed E-state index contributed by atoms with van der Waals surface area (Å²) < 4.78 is 46.0. The van der Waals surface area contributed by atoms with Gasteiger partial charge in [0.15, 0.2) is 12.2 Å². The van der Waals surface area contributed by atoms with Crippen LogP contribution in [0.2, 0.25) is 0 Å². The van der Waals surface area contributed by atoms with Gasteiger partial charge in [-0.2, -0.15) is 4.99 Å². The molecule has 1 aromatic heterocycles. The largest absolute Gasteiger partial charge is 0.573 e. The molecule has 4 rings (SSSR count). The number of carbonyl (C=O) groups is 1. The molecule has 1 heterocycles. The molecule has 4 N–H and O–H groups in total. The average Bonchev–Trinajstić information content (AvgIpc) is 2.89. The molecule has 0 saturated heterocycles. The summed E-state index contributed by atoms with van der Waals surface area (Å²) in [5.74, 6) is -0.361. The van der Waals surface area contributed by atoms with Crippen LogP contribution in [0.5, 0.6) is 5.75 Å². The molecule has 0 aliphatic rings. The Kier molecular flexibility index (Phi) is 7.97. The standard InChI is InChI=1S/C27H22F3N5O3/c1-17(23-15-8-18-4-2-3-5-24(18)35-23)37-26(36)34-21-9-6-19(7-10-21)25(31)33-16-32-20-11-13-22(14-12-20)38-27(28,29)30/h2-17H,1H3,(H,34,36)(H2,31,32,33)/p+1. The first-order valence-electron chi connectivity index (χ1n) is 11.4. The van der Waals surface area contributed by atoms with Gasteiger partial charge in [-0.25, -0.2) is 9.78 Å². The summed E-state index contributed by atoms with van der Waals surface area (Å²) in [6.45, 7) is 1.74. The van der Waals surface area contributed by atoms with Gasteiger partial charge in [0, 0.05) is 28.8 Å². The maximum atomic E-state index is 12.3. The van der Waals surface area contributed by atoms with Crippen LogP contribution >= 0.6 is 0 Å². The molecular formula is C27H23F3N5O3+. The number of halogens is 3. The van der Waals surface area contributed by atoms with Crippen LogP contribution in [0.1, 0.15) is 24.3 Å². The number of fused-ring (bicyclic) bond motifs is 1. The highest BCUT2D eigenvalue weighted by atomic mass is 19.4. The molecule has 11 heteroatoms. The number of benzene rings is 3. The summed E-state index contributed by atoms with van der Waals surface area (Å²) in [5.41, 5.74) is 3.00. The summed E-state index contributed by atoms with van der Waals surface area (Å²) >= 11 is 0. The summed E-state index contributed by atoms with van der Waals surface area (Å²) in [6, 6.07) is 23.1. The van der Waals surface area contributed by atoms with Crippen molar-refractivity contribution >= 4 is 40.5 Å². The van der Waals surface area contributed by atoms with Crippen molar-refractivity contribution in [3.05, 3.63) is 96.2 Å². The van der Waals surface area contributed by atoms with Crippen LogP contribution in [0.3, 0.4) is 0 Å². The van der Waals surface area contributed by atoms with Crippen molar-refractivity contribution in [1.29, 1.82) is 5.41 Å². The van der Waals surface area contributed by atoms with E-state index in [1.54, 1.807) is 36.5 Å². The summed E-state index contributed by atoms with van der Waals surface area (Å²) in [5, 5.41) is 13.3. The molecule has 1 unspecified atom stereocenters. The molecule has 194 valence electrons. The molecule has 38 heavy (non-hydrogen) atoms. The molecule has 0 radical (unpaired) electrons. The smallest absolute Gasteiger partial charge is 0.440 e. The fourth-order valence-electron chi connectivity index (χ4n) is 3.44. The van der Waals surface area contributed by atoms with Crippen molar-refractivity contribution in [2.75, 3.05) is 5.32 Å². The number of carbonyl (C=O) groups excluding carboxylic acids is 1. The average molecular weight is 523 g/mol. The number of hydrogen-bond acceptors (Lipinski definition) is 5. The molecule has 1 amide bonds. The van der Waals surface area contributed by atoms with Gasteiger partial charge in [-0.05, 0) is 55.5 Å². The highest BCUT2D eigenvalue weighted by molar-refractivity contribution is 6.00. The topological polar surface area (TPSA) is 113 Å². The zero-order valence-corrected chi connectivity index (χ0v) is 20.1. The van der Waals surface area contributed by atoms with E-state index in [-0.39, 0.29) is 11.6 Å². The van der Waals surface area contributed by atoms with Crippen LogP contribution in [0.4, 0.5) is 29.3 Å². The Hall–Kier alpha value is -4.77. The molecule has 1 atom stereocenters. The predicted molar refractivity (Wildman–Crippen MR) is 137 cm³/mol. The van der Waals surface area contributed by atoms with E-state index in [2.05, 4.69) is 20.0 Å². The van der Waals surface area contributed by atoms with Gasteiger partial charge >= 0.3 is 12.5 Å². The highest BCUT2D eigenvalue weighted by Crippen LogP contribution is 2.23. The van der Waals surface area contributed by atoms with E-state index in [0.717, 1.165) is 10.9 Å². The summed E-state index contributed by atoms with van der Waals surface area (Å²) in [6.07, 6.45) is -4.59. The van der Waals surface area contributed by atoms with E-state index in [9.17, 15) is 18.0 Å². The number of nitrogens with one attached hydrogen (secondary N) is 2. The number of alkyl halides is 3. The van der Waals surface area contributed by atoms with Crippen molar-refractivity contribution in [1.82, 2.24) is 4.98 Å². The number of amidine groups is 1. The lowest BCUT2D eigenvalue weighted by Gasteiger charge is -2.14. The Morgan fingerprint density at radius 2 is 1.74 bits per heavy atom. The normalized spacial score (nSPS) is 12.3. The molecule has 0 aliphatic carbocycles. The van der Waals surface area contributed by atoms with Gasteiger partial charge in [0.2, 0.25) is 0 Å². The number of rotatable bonds is 7. The minimum atomic E-state index is -4.75. The minimum Gasteiger partial charge on any atom is -0.440 e. The number of ether oxygens (including phenoxy) is 2. The maximum Gasteiger partial charge on any atom is 0.573 e. The van der Waals surface area contributed by atoms with Crippen molar-refractivity contribution in [3.8, 4) is 5.75 Å². The van der Waals surface area contributed by atoms with Crippen LogP contribution in [0, 0.1) is 5.41 Å². The second kappa shape index (κ2) is 11.5. The fourth-order valence-corrected chi connectivity index (χ4v) is 3.44. The van der Waals surface area contributed by atoms with Crippen molar-refractivity contribution in [2.24, 2.45) is 4.99 Å². The number of anilines is 1. The van der Waals surface area contributed by atoms with Crippen LogP contribution in [-0.4, -0.2) is 29.6 Å². The second-order valence-corrected chi connectivity index (χ2v) is 8.09. The highest BCUT2D eigenvalue weighted by Gasteiger charge is 2.31. The lowest BCUT2D eigenvalue weighted by Crippen LogP contribution is -2.76. The van der Waals surface area contributed by atoms with Crippen molar-refractivity contribution in [2.45, 2.75) is 19.4 Å². The van der Waals surface area contributed by atoms with E-state index in [0.29, 0.717) is 22.6 Å². The quantitative estimate of drug-likeness (QED) is 0.164. The van der Waals surface area contributed by atoms with E-state index < -0.39 is 18.6 Å². The fraction of sp³-hybridized carbons (Fsp3) is 0.111. The summed E-state index contributed by atoms with van der Waals surface area (Å²) in [4.78, 5) is 20.9. The molecule has 3 aromatic carbocycles. The third kappa shape index (κ3) is 7.37.